The fourth-order valence-electron chi connectivity index (χ4n) is 1.76. The van der Waals surface area contributed by atoms with Crippen LogP contribution in [-0.2, 0) is 9.53 Å². The van der Waals surface area contributed by atoms with Gasteiger partial charge in [0, 0.05) is 22.6 Å². The van der Waals surface area contributed by atoms with Crippen molar-refractivity contribution in [2.75, 3.05) is 12.4 Å². The summed E-state index contributed by atoms with van der Waals surface area (Å²) in [6.07, 6.45) is 0. The lowest BCUT2D eigenvalue weighted by molar-refractivity contribution is -0.384. The number of hydrogen-bond acceptors (Lipinski definition) is 6. The van der Waals surface area contributed by atoms with Gasteiger partial charge in [-0.2, -0.15) is 0 Å². The molecule has 0 unspecified atom stereocenters. The predicted octanol–water partition coefficient (Wildman–Crippen LogP) is 3.77. The summed E-state index contributed by atoms with van der Waals surface area (Å²) in [5, 5.41) is 10.9. The SMILES string of the molecule is O=C(CSc1ccc([N+](=O)[O-])cc1)OCC(=O)c1ccccc1Cl. The van der Waals surface area contributed by atoms with Gasteiger partial charge in [-0.05, 0) is 24.3 Å². The molecule has 0 atom stereocenters. The Balaban J connectivity index is 1.80. The molecule has 0 radical (unpaired) electrons. The summed E-state index contributed by atoms with van der Waals surface area (Å²) in [6.45, 7) is -0.386. The first-order chi connectivity index (χ1) is 11.5. The van der Waals surface area contributed by atoms with E-state index >= 15 is 0 Å². The van der Waals surface area contributed by atoms with E-state index in [4.69, 9.17) is 16.3 Å². The zero-order valence-electron chi connectivity index (χ0n) is 12.3. The number of halogens is 1. The average molecular weight is 366 g/mol. The van der Waals surface area contributed by atoms with Gasteiger partial charge < -0.3 is 4.74 Å². The van der Waals surface area contributed by atoms with E-state index in [0.717, 1.165) is 0 Å². The number of esters is 1. The molecule has 0 saturated heterocycles. The van der Waals surface area contributed by atoms with E-state index in [-0.39, 0.29) is 23.8 Å². The molecule has 0 amide bonds. The van der Waals surface area contributed by atoms with Gasteiger partial charge in [0.15, 0.2) is 6.61 Å². The molecule has 24 heavy (non-hydrogen) atoms. The van der Waals surface area contributed by atoms with Crippen molar-refractivity contribution in [3.05, 3.63) is 69.2 Å². The van der Waals surface area contributed by atoms with Crippen LogP contribution in [0.25, 0.3) is 0 Å². The number of nitro benzene ring substituents is 1. The first kappa shape index (κ1) is 18.0. The number of carbonyl (C=O) groups excluding carboxylic acids is 2. The van der Waals surface area contributed by atoms with Crippen LogP contribution in [-0.4, -0.2) is 29.0 Å². The Morgan fingerprint density at radius 1 is 1.12 bits per heavy atom. The van der Waals surface area contributed by atoms with Crippen LogP contribution in [0.2, 0.25) is 5.02 Å². The number of benzene rings is 2. The molecule has 2 rings (SSSR count). The molecular formula is C16H12ClNO5S. The number of hydrogen-bond donors (Lipinski definition) is 0. The van der Waals surface area contributed by atoms with Crippen molar-refractivity contribution in [3.63, 3.8) is 0 Å². The van der Waals surface area contributed by atoms with Crippen LogP contribution in [0.3, 0.4) is 0 Å². The van der Waals surface area contributed by atoms with E-state index < -0.39 is 10.9 Å². The molecule has 0 aromatic heterocycles. The second-order valence-electron chi connectivity index (χ2n) is 4.60. The second kappa shape index (κ2) is 8.47. The highest BCUT2D eigenvalue weighted by molar-refractivity contribution is 8.00. The van der Waals surface area contributed by atoms with Crippen molar-refractivity contribution < 1.29 is 19.2 Å². The Morgan fingerprint density at radius 3 is 2.42 bits per heavy atom. The normalized spacial score (nSPS) is 10.2. The summed E-state index contributed by atoms with van der Waals surface area (Å²) in [4.78, 5) is 34.3. The first-order valence-corrected chi connectivity index (χ1v) is 8.14. The third-order valence-electron chi connectivity index (χ3n) is 2.94. The van der Waals surface area contributed by atoms with E-state index in [1.807, 2.05) is 0 Å². The maximum Gasteiger partial charge on any atom is 0.316 e. The number of carbonyl (C=O) groups is 2. The smallest absolute Gasteiger partial charge is 0.316 e. The number of thioether (sulfide) groups is 1. The zero-order valence-corrected chi connectivity index (χ0v) is 13.9. The zero-order chi connectivity index (χ0) is 17.5. The fraction of sp³-hybridized carbons (Fsp3) is 0.125. The maximum absolute atomic E-state index is 11.9. The molecule has 0 aliphatic carbocycles. The molecule has 0 spiro atoms. The third kappa shape index (κ3) is 5.07. The van der Waals surface area contributed by atoms with Crippen molar-refractivity contribution in [2.24, 2.45) is 0 Å². The molecule has 2 aromatic rings. The summed E-state index contributed by atoms with van der Waals surface area (Å²) in [5.74, 6) is -0.943. The largest absolute Gasteiger partial charge is 0.457 e. The van der Waals surface area contributed by atoms with E-state index in [0.29, 0.717) is 15.5 Å². The van der Waals surface area contributed by atoms with Gasteiger partial charge in [0.1, 0.15) is 0 Å². The lowest BCUT2D eigenvalue weighted by atomic mass is 10.1. The molecule has 6 nitrogen and oxygen atoms in total. The van der Waals surface area contributed by atoms with Gasteiger partial charge in [-0.15, -0.1) is 11.8 Å². The van der Waals surface area contributed by atoms with Gasteiger partial charge in [0.25, 0.3) is 5.69 Å². The summed E-state index contributed by atoms with van der Waals surface area (Å²) >= 11 is 7.06. The molecule has 0 aliphatic heterocycles. The van der Waals surface area contributed by atoms with E-state index in [2.05, 4.69) is 0 Å². The molecule has 0 N–H and O–H groups in total. The highest BCUT2D eigenvalue weighted by Crippen LogP contribution is 2.21. The van der Waals surface area contributed by atoms with Crippen molar-refractivity contribution >= 4 is 40.8 Å². The van der Waals surface area contributed by atoms with Gasteiger partial charge in [0.2, 0.25) is 5.78 Å². The van der Waals surface area contributed by atoms with Crippen LogP contribution in [0.4, 0.5) is 5.69 Å². The fourth-order valence-corrected chi connectivity index (χ4v) is 2.70. The summed E-state index contributed by atoms with van der Waals surface area (Å²) in [5.41, 5.74) is 0.280. The van der Waals surface area contributed by atoms with Crippen molar-refractivity contribution in [2.45, 2.75) is 4.90 Å². The lowest BCUT2D eigenvalue weighted by Crippen LogP contribution is -2.15. The summed E-state index contributed by atoms with van der Waals surface area (Å²) < 4.78 is 4.92. The standard InChI is InChI=1S/C16H12ClNO5S/c17-14-4-2-1-3-13(14)15(19)9-23-16(20)10-24-12-7-5-11(6-8-12)18(21)22/h1-8H,9-10H2. The second-order valence-corrected chi connectivity index (χ2v) is 6.06. The highest BCUT2D eigenvalue weighted by atomic mass is 35.5. The molecular weight excluding hydrogens is 354 g/mol. The first-order valence-electron chi connectivity index (χ1n) is 6.78. The van der Waals surface area contributed by atoms with Gasteiger partial charge in [0.05, 0.1) is 15.7 Å². The minimum absolute atomic E-state index is 0.00634. The van der Waals surface area contributed by atoms with E-state index in [1.54, 1.807) is 36.4 Å². The monoisotopic (exact) mass is 365 g/mol. The van der Waals surface area contributed by atoms with Gasteiger partial charge in [-0.1, -0.05) is 23.7 Å². The van der Waals surface area contributed by atoms with Gasteiger partial charge in [-0.25, -0.2) is 0 Å². The number of ketones is 1. The Labute approximate surface area is 146 Å². The highest BCUT2D eigenvalue weighted by Gasteiger charge is 2.13. The minimum atomic E-state index is -0.557. The van der Waals surface area contributed by atoms with Crippen molar-refractivity contribution in [1.82, 2.24) is 0 Å². The quantitative estimate of drug-likeness (QED) is 0.244. The van der Waals surface area contributed by atoms with Crippen LogP contribution in [0.5, 0.6) is 0 Å². The van der Waals surface area contributed by atoms with Crippen LogP contribution in [0.1, 0.15) is 10.4 Å². The summed E-state index contributed by atoms with van der Waals surface area (Å²) in [6, 6.07) is 12.3. The van der Waals surface area contributed by atoms with Crippen LogP contribution < -0.4 is 0 Å². The molecule has 0 heterocycles. The Hall–Kier alpha value is -2.38. The maximum atomic E-state index is 11.9. The molecule has 124 valence electrons. The average Bonchev–Trinajstić information content (AvgIpc) is 2.58. The molecule has 8 heteroatoms. The molecule has 0 bridgehead atoms. The third-order valence-corrected chi connectivity index (χ3v) is 4.26. The topological polar surface area (TPSA) is 86.5 Å². The van der Waals surface area contributed by atoms with E-state index in [9.17, 15) is 19.7 Å². The predicted molar refractivity (Wildman–Crippen MR) is 90.6 cm³/mol. The van der Waals surface area contributed by atoms with Gasteiger partial charge in [-0.3, -0.25) is 19.7 Å². The van der Waals surface area contributed by atoms with Crippen LogP contribution in [0, 0.1) is 10.1 Å². The van der Waals surface area contributed by atoms with Crippen LogP contribution in [0.15, 0.2) is 53.4 Å². The van der Waals surface area contributed by atoms with E-state index in [1.165, 1.54) is 23.9 Å². The summed E-state index contributed by atoms with van der Waals surface area (Å²) in [7, 11) is 0. The van der Waals surface area contributed by atoms with Crippen molar-refractivity contribution in [1.29, 1.82) is 0 Å². The van der Waals surface area contributed by atoms with Crippen LogP contribution >= 0.6 is 23.4 Å². The molecule has 0 aliphatic rings. The number of nitrogens with zero attached hydrogens (tertiary/aromatic N) is 1. The Bertz CT molecular complexity index is 763. The number of rotatable bonds is 7. The Morgan fingerprint density at radius 2 is 1.79 bits per heavy atom. The van der Waals surface area contributed by atoms with Gasteiger partial charge >= 0.3 is 5.97 Å². The lowest BCUT2D eigenvalue weighted by Gasteiger charge is -2.05. The number of ether oxygens (including phenoxy) is 1. The number of non-ortho nitro benzene ring substituents is 1. The van der Waals surface area contributed by atoms with Crippen molar-refractivity contribution in [3.8, 4) is 0 Å². The minimum Gasteiger partial charge on any atom is -0.457 e. The molecule has 0 saturated carbocycles. The number of Topliss-reactive ketones (excluding diaryl/α,β-unsaturated/α-hetero) is 1. The number of nitro groups is 1. The Kier molecular flexibility index (Phi) is 6.34. The molecule has 2 aromatic carbocycles. The molecule has 0 fully saturated rings.